The molecule has 0 heterocycles. The second kappa shape index (κ2) is 9.78. The van der Waals surface area contributed by atoms with Crippen LogP contribution in [0.15, 0.2) is 48.5 Å². The quantitative estimate of drug-likeness (QED) is 0.468. The first-order valence-corrected chi connectivity index (χ1v) is 9.78. The number of rotatable bonds is 9. The van der Waals surface area contributed by atoms with Crippen molar-refractivity contribution >= 4 is 18.2 Å². The van der Waals surface area contributed by atoms with Gasteiger partial charge in [-0.1, -0.05) is 48.5 Å². The molecule has 2 amide bonds. The molecule has 158 valence electrons. The van der Waals surface area contributed by atoms with Crippen LogP contribution in [-0.2, 0) is 9.53 Å². The lowest BCUT2D eigenvalue weighted by atomic mass is 9.98. The summed E-state index contributed by atoms with van der Waals surface area (Å²) in [5.41, 5.74) is 4.38. The van der Waals surface area contributed by atoms with E-state index in [0.717, 1.165) is 22.3 Å². The van der Waals surface area contributed by atoms with Gasteiger partial charge in [0, 0.05) is 12.5 Å². The number of hydrogen-bond acceptors (Lipinski definition) is 4. The Morgan fingerprint density at radius 1 is 0.933 bits per heavy atom. The molecule has 0 bridgehead atoms. The fraction of sp³-hybridized carbons (Fsp3) is 0.318. The number of nitrogens with one attached hydrogen (secondary N) is 2. The lowest BCUT2D eigenvalue weighted by Gasteiger charge is -2.17. The number of carboxylic acids is 1. The Hall–Kier alpha value is -3.55. The van der Waals surface area contributed by atoms with Gasteiger partial charge in [0.15, 0.2) is 0 Å². The van der Waals surface area contributed by atoms with Crippen LogP contribution in [0.1, 0.15) is 36.3 Å². The Labute approximate surface area is 173 Å². The molecule has 0 radical (unpaired) electrons. The second-order valence-electron chi connectivity index (χ2n) is 7.09. The van der Waals surface area contributed by atoms with E-state index in [1.807, 2.05) is 48.5 Å². The summed E-state index contributed by atoms with van der Waals surface area (Å²) < 4.78 is 5.38. The molecule has 8 heteroatoms. The molecule has 0 unspecified atom stereocenters. The number of ether oxygens (including phenoxy) is 1. The van der Waals surface area contributed by atoms with E-state index in [9.17, 15) is 19.5 Å². The molecular weight excluding hydrogens is 388 g/mol. The molecule has 8 nitrogen and oxygen atoms in total. The first-order valence-electron chi connectivity index (χ1n) is 9.78. The van der Waals surface area contributed by atoms with Crippen molar-refractivity contribution in [2.45, 2.75) is 31.2 Å². The molecule has 1 atom stereocenters. The lowest BCUT2D eigenvalue weighted by Crippen LogP contribution is -2.41. The number of carbonyl (C=O) groups excluding carboxylic acids is 1. The van der Waals surface area contributed by atoms with Gasteiger partial charge in [-0.15, -0.1) is 0 Å². The van der Waals surface area contributed by atoms with Crippen molar-refractivity contribution in [2.75, 3.05) is 13.2 Å². The predicted molar refractivity (Wildman–Crippen MR) is 110 cm³/mol. The highest BCUT2D eigenvalue weighted by Crippen LogP contribution is 2.44. The third kappa shape index (κ3) is 5.08. The SMILES string of the molecule is O=C(O)NCCCC[C@@H](NC(=O)OCC1c2ccccc2-c2ccccc21)C(=O)O. The number of benzene rings is 2. The average molecular weight is 412 g/mol. The molecule has 0 spiro atoms. The summed E-state index contributed by atoms with van der Waals surface area (Å²) >= 11 is 0. The number of hydrogen-bond donors (Lipinski definition) is 4. The predicted octanol–water partition coefficient (Wildman–Crippen LogP) is 3.42. The van der Waals surface area contributed by atoms with Crippen molar-refractivity contribution in [3.05, 3.63) is 59.7 Å². The van der Waals surface area contributed by atoms with Gasteiger partial charge in [0.25, 0.3) is 0 Å². The Kier molecular flexibility index (Phi) is 6.90. The van der Waals surface area contributed by atoms with Crippen LogP contribution in [0, 0.1) is 0 Å². The van der Waals surface area contributed by atoms with Crippen LogP contribution in [0.2, 0.25) is 0 Å². The van der Waals surface area contributed by atoms with E-state index in [0.29, 0.717) is 12.8 Å². The summed E-state index contributed by atoms with van der Waals surface area (Å²) in [5.74, 6) is -1.26. The van der Waals surface area contributed by atoms with Crippen molar-refractivity contribution < 1.29 is 29.3 Å². The largest absolute Gasteiger partial charge is 0.480 e. The second-order valence-corrected chi connectivity index (χ2v) is 7.09. The average Bonchev–Trinajstić information content (AvgIpc) is 3.04. The number of unbranched alkanes of at least 4 members (excludes halogenated alkanes) is 1. The molecule has 0 saturated carbocycles. The minimum absolute atomic E-state index is 0.103. The molecule has 30 heavy (non-hydrogen) atoms. The van der Waals surface area contributed by atoms with Crippen LogP contribution in [0.3, 0.4) is 0 Å². The maximum Gasteiger partial charge on any atom is 0.407 e. The van der Waals surface area contributed by atoms with Gasteiger partial charge in [0.2, 0.25) is 0 Å². The van der Waals surface area contributed by atoms with Crippen molar-refractivity contribution in [3.8, 4) is 11.1 Å². The highest BCUT2D eigenvalue weighted by molar-refractivity contribution is 5.81. The molecule has 3 rings (SSSR count). The monoisotopic (exact) mass is 412 g/mol. The van der Waals surface area contributed by atoms with Gasteiger partial charge >= 0.3 is 18.2 Å². The zero-order valence-electron chi connectivity index (χ0n) is 16.3. The minimum atomic E-state index is -1.16. The fourth-order valence-electron chi connectivity index (χ4n) is 3.71. The summed E-state index contributed by atoms with van der Waals surface area (Å²) in [6.07, 6.45) is -0.807. The third-order valence-electron chi connectivity index (χ3n) is 5.13. The summed E-state index contributed by atoms with van der Waals surface area (Å²) in [7, 11) is 0. The zero-order chi connectivity index (χ0) is 21.5. The highest BCUT2D eigenvalue weighted by atomic mass is 16.5. The Morgan fingerprint density at radius 3 is 2.10 bits per heavy atom. The Balaban J connectivity index is 1.54. The van der Waals surface area contributed by atoms with Gasteiger partial charge in [0.1, 0.15) is 12.6 Å². The Morgan fingerprint density at radius 2 is 1.53 bits per heavy atom. The molecule has 2 aromatic carbocycles. The van der Waals surface area contributed by atoms with Gasteiger partial charge in [-0.2, -0.15) is 0 Å². The molecule has 0 aromatic heterocycles. The normalized spacial score (nSPS) is 13.1. The first kappa shape index (κ1) is 21.2. The van der Waals surface area contributed by atoms with Crippen molar-refractivity contribution in [3.63, 3.8) is 0 Å². The number of amides is 2. The minimum Gasteiger partial charge on any atom is -0.480 e. The van der Waals surface area contributed by atoms with Crippen molar-refractivity contribution in [2.24, 2.45) is 0 Å². The van der Waals surface area contributed by atoms with Gasteiger partial charge < -0.3 is 25.6 Å². The first-order chi connectivity index (χ1) is 14.5. The van der Waals surface area contributed by atoms with E-state index in [4.69, 9.17) is 9.84 Å². The molecule has 0 saturated heterocycles. The number of carboxylic acid groups (broad SMARTS) is 2. The molecule has 0 fully saturated rings. The van der Waals surface area contributed by atoms with Crippen LogP contribution in [0.5, 0.6) is 0 Å². The zero-order valence-corrected chi connectivity index (χ0v) is 16.3. The summed E-state index contributed by atoms with van der Waals surface area (Å²) in [6, 6.07) is 14.8. The summed E-state index contributed by atoms with van der Waals surface area (Å²) in [5, 5.41) is 22.5. The van der Waals surface area contributed by atoms with Crippen LogP contribution in [-0.4, -0.2) is 47.6 Å². The van der Waals surface area contributed by atoms with Crippen molar-refractivity contribution in [1.29, 1.82) is 0 Å². The van der Waals surface area contributed by atoms with Crippen LogP contribution in [0.25, 0.3) is 11.1 Å². The van der Waals surface area contributed by atoms with Crippen LogP contribution < -0.4 is 10.6 Å². The highest BCUT2D eigenvalue weighted by Gasteiger charge is 2.29. The third-order valence-corrected chi connectivity index (χ3v) is 5.13. The maximum atomic E-state index is 12.2. The number of aliphatic carboxylic acids is 1. The van der Waals surface area contributed by atoms with Crippen molar-refractivity contribution in [1.82, 2.24) is 10.6 Å². The summed E-state index contributed by atoms with van der Waals surface area (Å²) in [6.45, 7) is 0.335. The smallest absolute Gasteiger partial charge is 0.407 e. The lowest BCUT2D eigenvalue weighted by molar-refractivity contribution is -0.139. The molecule has 1 aliphatic carbocycles. The van der Waals surface area contributed by atoms with Gasteiger partial charge in [0.05, 0.1) is 0 Å². The van der Waals surface area contributed by atoms with E-state index in [1.54, 1.807) is 0 Å². The van der Waals surface area contributed by atoms with Crippen LogP contribution >= 0.6 is 0 Å². The van der Waals surface area contributed by atoms with Gasteiger partial charge in [-0.25, -0.2) is 14.4 Å². The van der Waals surface area contributed by atoms with Crippen LogP contribution in [0.4, 0.5) is 9.59 Å². The number of alkyl carbamates (subject to hydrolysis) is 1. The molecule has 1 aliphatic rings. The van der Waals surface area contributed by atoms with E-state index < -0.39 is 24.2 Å². The molecule has 0 aliphatic heterocycles. The topological polar surface area (TPSA) is 125 Å². The van der Waals surface area contributed by atoms with E-state index in [2.05, 4.69) is 10.6 Å². The maximum absolute atomic E-state index is 12.2. The number of fused-ring (bicyclic) bond motifs is 3. The summed E-state index contributed by atoms with van der Waals surface area (Å²) in [4.78, 5) is 34.1. The van der Waals surface area contributed by atoms with E-state index in [-0.39, 0.29) is 25.5 Å². The standard InChI is InChI=1S/C22H24N2O6/c25-20(26)19(11-5-6-12-23-21(27)28)24-22(29)30-13-18-16-9-3-1-7-14(16)15-8-2-4-10-17(15)18/h1-4,7-10,18-19,23H,5-6,11-13H2,(H,24,29)(H,25,26)(H,27,28)/t19-/m1/s1. The van der Waals surface area contributed by atoms with Gasteiger partial charge in [-0.3, -0.25) is 0 Å². The van der Waals surface area contributed by atoms with E-state index >= 15 is 0 Å². The molecule has 2 aromatic rings. The fourth-order valence-corrected chi connectivity index (χ4v) is 3.71. The number of carbonyl (C=O) groups is 3. The van der Waals surface area contributed by atoms with Gasteiger partial charge in [-0.05, 0) is 41.5 Å². The molecule has 4 N–H and O–H groups in total. The van der Waals surface area contributed by atoms with E-state index in [1.165, 1.54) is 0 Å². The Bertz CT molecular complexity index is 884. The molecular formula is C22H24N2O6.